The van der Waals surface area contributed by atoms with Gasteiger partial charge >= 0.3 is 0 Å². The number of piperidine rings is 1. The first-order valence-electron chi connectivity index (χ1n) is 4.21. The SMILES string of the molecule is FC1(C2CC2)CCCNC1. The summed E-state index contributed by atoms with van der Waals surface area (Å²) in [7, 11) is 0. The fourth-order valence-corrected chi connectivity index (χ4v) is 1.84. The molecule has 0 aromatic carbocycles. The van der Waals surface area contributed by atoms with Gasteiger partial charge < -0.3 is 5.32 Å². The number of nitrogens with one attached hydrogen (secondary N) is 1. The maximum atomic E-state index is 13.7. The molecule has 1 unspecified atom stereocenters. The number of hydrogen-bond acceptors (Lipinski definition) is 1. The third kappa shape index (κ3) is 1.05. The molecule has 10 heavy (non-hydrogen) atoms. The van der Waals surface area contributed by atoms with Crippen LogP contribution < -0.4 is 5.32 Å². The average Bonchev–Trinajstić information content (AvgIpc) is 2.69. The van der Waals surface area contributed by atoms with Crippen LogP contribution in [0.1, 0.15) is 25.7 Å². The normalized spacial score (nSPS) is 41.7. The molecule has 0 bridgehead atoms. The third-order valence-corrected chi connectivity index (χ3v) is 2.67. The Morgan fingerprint density at radius 1 is 1.40 bits per heavy atom. The Morgan fingerprint density at radius 3 is 2.70 bits per heavy atom. The van der Waals surface area contributed by atoms with E-state index in [9.17, 15) is 4.39 Å². The summed E-state index contributed by atoms with van der Waals surface area (Å²) in [4.78, 5) is 0. The van der Waals surface area contributed by atoms with Crippen LogP contribution in [0.5, 0.6) is 0 Å². The monoisotopic (exact) mass is 143 g/mol. The summed E-state index contributed by atoms with van der Waals surface area (Å²) in [6.45, 7) is 1.62. The van der Waals surface area contributed by atoms with E-state index in [0.29, 0.717) is 12.5 Å². The van der Waals surface area contributed by atoms with Gasteiger partial charge in [-0.2, -0.15) is 0 Å². The topological polar surface area (TPSA) is 12.0 Å². The molecule has 2 fully saturated rings. The van der Waals surface area contributed by atoms with Gasteiger partial charge in [-0.3, -0.25) is 0 Å². The summed E-state index contributed by atoms with van der Waals surface area (Å²) in [6, 6.07) is 0. The van der Waals surface area contributed by atoms with Crippen LogP contribution in [0.2, 0.25) is 0 Å². The molecule has 1 N–H and O–H groups in total. The van der Waals surface area contributed by atoms with Gasteiger partial charge in [-0.15, -0.1) is 0 Å². The molecule has 0 amide bonds. The highest BCUT2D eigenvalue weighted by Crippen LogP contribution is 2.45. The quantitative estimate of drug-likeness (QED) is 0.586. The maximum absolute atomic E-state index is 13.7. The van der Waals surface area contributed by atoms with E-state index in [-0.39, 0.29) is 0 Å². The molecule has 1 saturated carbocycles. The molecule has 1 aliphatic heterocycles. The van der Waals surface area contributed by atoms with Crippen molar-refractivity contribution in [3.05, 3.63) is 0 Å². The summed E-state index contributed by atoms with van der Waals surface area (Å²) in [6.07, 6.45) is 4.06. The molecule has 2 rings (SSSR count). The predicted octanol–water partition coefficient (Wildman–Crippen LogP) is 1.49. The number of rotatable bonds is 1. The van der Waals surface area contributed by atoms with Crippen molar-refractivity contribution in [2.24, 2.45) is 5.92 Å². The van der Waals surface area contributed by atoms with Gasteiger partial charge in [0.1, 0.15) is 5.67 Å². The molecule has 2 heteroatoms. The summed E-state index contributed by atoms with van der Waals surface area (Å²) in [5, 5.41) is 3.12. The Labute approximate surface area is 61.0 Å². The van der Waals surface area contributed by atoms with Crippen LogP contribution in [0.25, 0.3) is 0 Å². The van der Waals surface area contributed by atoms with E-state index in [4.69, 9.17) is 0 Å². The van der Waals surface area contributed by atoms with Gasteiger partial charge in [0.15, 0.2) is 0 Å². The Kier molecular flexibility index (Phi) is 1.44. The lowest BCUT2D eigenvalue weighted by molar-refractivity contribution is 0.0960. The fraction of sp³-hybridized carbons (Fsp3) is 1.00. The van der Waals surface area contributed by atoms with Gasteiger partial charge in [-0.1, -0.05) is 0 Å². The van der Waals surface area contributed by atoms with Crippen molar-refractivity contribution < 1.29 is 4.39 Å². The average molecular weight is 143 g/mol. The summed E-state index contributed by atoms with van der Waals surface area (Å²) in [5.74, 6) is 0.403. The first-order valence-corrected chi connectivity index (χ1v) is 4.21. The van der Waals surface area contributed by atoms with Crippen molar-refractivity contribution >= 4 is 0 Å². The lowest BCUT2D eigenvalue weighted by Crippen LogP contribution is -2.43. The molecule has 2 aliphatic rings. The lowest BCUT2D eigenvalue weighted by Gasteiger charge is -2.29. The fourth-order valence-electron chi connectivity index (χ4n) is 1.84. The van der Waals surface area contributed by atoms with Gasteiger partial charge in [0.2, 0.25) is 0 Å². The van der Waals surface area contributed by atoms with E-state index in [0.717, 1.165) is 32.2 Å². The van der Waals surface area contributed by atoms with Gasteiger partial charge in [-0.05, 0) is 38.1 Å². The van der Waals surface area contributed by atoms with Gasteiger partial charge in [0, 0.05) is 6.54 Å². The largest absolute Gasteiger partial charge is 0.314 e. The molecule has 1 saturated heterocycles. The Balaban J connectivity index is 1.97. The highest BCUT2D eigenvalue weighted by Gasteiger charge is 2.45. The van der Waals surface area contributed by atoms with E-state index in [2.05, 4.69) is 5.32 Å². The molecule has 58 valence electrons. The minimum Gasteiger partial charge on any atom is -0.314 e. The zero-order valence-electron chi connectivity index (χ0n) is 6.20. The zero-order valence-corrected chi connectivity index (χ0v) is 6.20. The first-order chi connectivity index (χ1) is 4.81. The number of hydrogen-bond donors (Lipinski definition) is 1. The van der Waals surface area contributed by atoms with Crippen molar-refractivity contribution in [1.29, 1.82) is 0 Å². The molecular formula is C8H14FN. The zero-order chi connectivity index (χ0) is 7.03. The second-order valence-corrected chi connectivity index (χ2v) is 3.59. The number of alkyl halides is 1. The molecule has 0 spiro atoms. The second kappa shape index (κ2) is 2.19. The van der Waals surface area contributed by atoms with Crippen LogP contribution in [-0.2, 0) is 0 Å². The molecule has 1 aliphatic carbocycles. The van der Waals surface area contributed by atoms with Crippen LogP contribution in [0.15, 0.2) is 0 Å². The van der Waals surface area contributed by atoms with E-state index in [1.807, 2.05) is 0 Å². The third-order valence-electron chi connectivity index (χ3n) is 2.67. The summed E-state index contributed by atoms with van der Waals surface area (Å²) in [5.41, 5.74) is -0.821. The smallest absolute Gasteiger partial charge is 0.126 e. The molecule has 0 aromatic rings. The Morgan fingerprint density at radius 2 is 2.20 bits per heavy atom. The van der Waals surface area contributed by atoms with E-state index < -0.39 is 5.67 Å². The highest BCUT2D eigenvalue weighted by molar-refractivity contribution is 4.98. The molecule has 1 heterocycles. The number of halogens is 1. The van der Waals surface area contributed by atoms with Gasteiger partial charge in [0.05, 0.1) is 0 Å². The van der Waals surface area contributed by atoms with Crippen LogP contribution >= 0.6 is 0 Å². The van der Waals surface area contributed by atoms with Crippen LogP contribution in [0.3, 0.4) is 0 Å². The van der Waals surface area contributed by atoms with Crippen molar-refractivity contribution in [1.82, 2.24) is 5.32 Å². The van der Waals surface area contributed by atoms with Crippen LogP contribution in [0.4, 0.5) is 4.39 Å². The lowest BCUT2D eigenvalue weighted by atomic mass is 9.91. The summed E-state index contributed by atoms with van der Waals surface area (Å²) >= 11 is 0. The molecule has 0 radical (unpaired) electrons. The Bertz CT molecular complexity index is 125. The van der Waals surface area contributed by atoms with Gasteiger partial charge in [0.25, 0.3) is 0 Å². The first kappa shape index (κ1) is 6.59. The molecular weight excluding hydrogens is 129 g/mol. The Hall–Kier alpha value is -0.110. The minimum atomic E-state index is -0.821. The van der Waals surface area contributed by atoms with Crippen LogP contribution in [-0.4, -0.2) is 18.8 Å². The highest BCUT2D eigenvalue weighted by atomic mass is 19.1. The van der Waals surface area contributed by atoms with Crippen LogP contribution in [0, 0.1) is 5.92 Å². The standard InChI is InChI=1S/C8H14FN/c9-8(7-2-3-7)4-1-5-10-6-8/h7,10H,1-6H2. The van der Waals surface area contributed by atoms with Crippen molar-refractivity contribution in [2.45, 2.75) is 31.4 Å². The van der Waals surface area contributed by atoms with Crippen molar-refractivity contribution in [3.8, 4) is 0 Å². The maximum Gasteiger partial charge on any atom is 0.126 e. The summed E-state index contributed by atoms with van der Waals surface area (Å²) < 4.78 is 13.7. The molecule has 0 aromatic heterocycles. The molecule has 1 atom stereocenters. The van der Waals surface area contributed by atoms with Crippen molar-refractivity contribution in [3.63, 3.8) is 0 Å². The predicted molar refractivity (Wildman–Crippen MR) is 38.7 cm³/mol. The van der Waals surface area contributed by atoms with E-state index >= 15 is 0 Å². The van der Waals surface area contributed by atoms with Gasteiger partial charge in [-0.25, -0.2) is 4.39 Å². The van der Waals surface area contributed by atoms with Crippen molar-refractivity contribution in [2.75, 3.05) is 13.1 Å². The van der Waals surface area contributed by atoms with E-state index in [1.165, 1.54) is 0 Å². The minimum absolute atomic E-state index is 0.403. The second-order valence-electron chi connectivity index (χ2n) is 3.59. The van der Waals surface area contributed by atoms with E-state index in [1.54, 1.807) is 0 Å². The molecule has 1 nitrogen and oxygen atoms in total.